The average Bonchev–Trinajstić information content (AvgIpc) is 2.23. The third-order valence-electron chi connectivity index (χ3n) is 2.83. The number of methoxy groups -OCH3 is 1. The first-order chi connectivity index (χ1) is 8.13. The van der Waals surface area contributed by atoms with E-state index in [4.69, 9.17) is 4.74 Å². The SMILES string of the molecule is COc1ccc([Si](C)(C)C)c(/C=C\[Si](C)(C)C)c1. The monoisotopic (exact) mass is 278 g/mol. The van der Waals surface area contributed by atoms with Gasteiger partial charge in [-0.05, 0) is 17.7 Å². The molecule has 3 heteroatoms. The van der Waals surface area contributed by atoms with Crippen molar-refractivity contribution in [2.45, 2.75) is 39.3 Å². The number of rotatable bonds is 4. The van der Waals surface area contributed by atoms with Gasteiger partial charge in [-0.25, -0.2) is 0 Å². The zero-order valence-electron chi connectivity index (χ0n) is 12.8. The van der Waals surface area contributed by atoms with Crippen LogP contribution in [-0.2, 0) is 0 Å². The van der Waals surface area contributed by atoms with Gasteiger partial charge < -0.3 is 4.74 Å². The van der Waals surface area contributed by atoms with Gasteiger partial charge in [-0.2, -0.15) is 0 Å². The Morgan fingerprint density at radius 2 is 1.61 bits per heavy atom. The summed E-state index contributed by atoms with van der Waals surface area (Å²) in [7, 11) is -0.725. The molecule has 0 atom stereocenters. The second-order valence-electron chi connectivity index (χ2n) is 6.90. The summed E-state index contributed by atoms with van der Waals surface area (Å²) >= 11 is 0. The van der Waals surface area contributed by atoms with E-state index in [0.717, 1.165) is 5.75 Å². The number of benzene rings is 1. The molecule has 0 amide bonds. The topological polar surface area (TPSA) is 9.23 Å². The molecule has 1 aromatic carbocycles. The molecule has 0 aliphatic carbocycles. The minimum atomic E-state index is -1.30. The number of hydrogen-bond donors (Lipinski definition) is 0. The summed E-state index contributed by atoms with van der Waals surface area (Å²) in [6.07, 6.45) is 2.31. The van der Waals surface area contributed by atoms with E-state index in [1.807, 2.05) is 0 Å². The van der Waals surface area contributed by atoms with Gasteiger partial charge in [0.05, 0.1) is 23.3 Å². The lowest BCUT2D eigenvalue weighted by Crippen LogP contribution is -2.39. The largest absolute Gasteiger partial charge is 0.497 e. The quantitative estimate of drug-likeness (QED) is 0.753. The molecule has 1 rings (SSSR count). The van der Waals surface area contributed by atoms with Gasteiger partial charge in [0.1, 0.15) is 5.75 Å². The lowest BCUT2D eigenvalue weighted by Gasteiger charge is -2.21. The number of ether oxygens (including phenoxy) is 1. The van der Waals surface area contributed by atoms with Crippen LogP contribution >= 0.6 is 0 Å². The Kier molecular flexibility index (Phi) is 4.62. The lowest BCUT2D eigenvalue weighted by molar-refractivity contribution is 0.415. The predicted octanol–water partition coefficient (Wildman–Crippen LogP) is 4.13. The molecule has 0 fully saturated rings. The maximum Gasteiger partial charge on any atom is 0.119 e. The third-order valence-corrected chi connectivity index (χ3v) is 6.07. The van der Waals surface area contributed by atoms with Crippen molar-refractivity contribution < 1.29 is 4.74 Å². The second kappa shape index (κ2) is 5.45. The molecule has 0 saturated heterocycles. The fraction of sp³-hybridized carbons (Fsp3) is 0.467. The Morgan fingerprint density at radius 1 is 1.00 bits per heavy atom. The van der Waals surface area contributed by atoms with E-state index in [-0.39, 0.29) is 0 Å². The highest BCUT2D eigenvalue weighted by Crippen LogP contribution is 2.17. The van der Waals surface area contributed by atoms with Crippen LogP contribution in [0.2, 0.25) is 39.3 Å². The van der Waals surface area contributed by atoms with Crippen LogP contribution in [0.1, 0.15) is 5.56 Å². The van der Waals surface area contributed by atoms with E-state index in [1.165, 1.54) is 10.8 Å². The number of hydrogen-bond acceptors (Lipinski definition) is 1. The molecule has 100 valence electrons. The average molecular weight is 279 g/mol. The fourth-order valence-electron chi connectivity index (χ4n) is 1.83. The van der Waals surface area contributed by atoms with Gasteiger partial charge in [-0.15, -0.1) is 0 Å². The molecular formula is C15H26OSi2. The Hall–Kier alpha value is -0.806. The van der Waals surface area contributed by atoms with Crippen LogP contribution in [0.15, 0.2) is 23.9 Å². The van der Waals surface area contributed by atoms with Gasteiger partial charge in [-0.1, -0.05) is 62.3 Å². The maximum atomic E-state index is 5.35. The molecule has 0 saturated carbocycles. The summed E-state index contributed by atoms with van der Waals surface area (Å²) in [5.74, 6) is 0.951. The lowest BCUT2D eigenvalue weighted by atomic mass is 10.2. The summed E-state index contributed by atoms with van der Waals surface area (Å²) in [6, 6.07) is 6.50. The van der Waals surface area contributed by atoms with Crippen molar-refractivity contribution in [1.82, 2.24) is 0 Å². The van der Waals surface area contributed by atoms with Crippen LogP contribution in [0.5, 0.6) is 5.75 Å². The van der Waals surface area contributed by atoms with E-state index in [9.17, 15) is 0 Å². The Morgan fingerprint density at radius 3 is 2.06 bits per heavy atom. The molecule has 0 heterocycles. The summed E-state index contributed by atoms with van der Waals surface area (Å²) < 4.78 is 5.35. The molecule has 0 aliphatic rings. The molecular weight excluding hydrogens is 252 g/mol. The second-order valence-corrected chi connectivity index (χ2v) is 17.0. The van der Waals surface area contributed by atoms with Crippen LogP contribution in [0.25, 0.3) is 6.08 Å². The van der Waals surface area contributed by atoms with E-state index >= 15 is 0 Å². The third kappa shape index (κ3) is 4.46. The summed E-state index contributed by atoms with van der Waals surface area (Å²) in [5, 5.41) is 1.51. The molecule has 0 aliphatic heterocycles. The van der Waals surface area contributed by atoms with Crippen molar-refractivity contribution in [3.63, 3.8) is 0 Å². The van der Waals surface area contributed by atoms with Crippen LogP contribution in [0.3, 0.4) is 0 Å². The van der Waals surface area contributed by atoms with Crippen molar-refractivity contribution in [2.75, 3.05) is 7.11 Å². The minimum Gasteiger partial charge on any atom is -0.497 e. The van der Waals surface area contributed by atoms with Crippen LogP contribution in [0, 0.1) is 0 Å². The first-order valence-corrected chi connectivity index (χ1v) is 13.6. The Bertz CT molecular complexity index is 437. The highest BCUT2D eigenvalue weighted by molar-refractivity contribution is 6.89. The normalized spacial score (nSPS) is 13.1. The van der Waals surface area contributed by atoms with E-state index in [2.05, 4.69) is 69.3 Å². The minimum absolute atomic E-state index is 0.951. The maximum absolute atomic E-state index is 5.35. The van der Waals surface area contributed by atoms with Crippen molar-refractivity contribution >= 4 is 27.4 Å². The van der Waals surface area contributed by atoms with Crippen LogP contribution in [0.4, 0.5) is 0 Å². The molecule has 1 nitrogen and oxygen atoms in total. The van der Waals surface area contributed by atoms with Gasteiger partial charge in [0.15, 0.2) is 0 Å². The summed E-state index contributed by atoms with van der Waals surface area (Å²) in [5.41, 5.74) is 3.75. The first kappa shape index (κ1) is 15.3. The zero-order chi connectivity index (χ0) is 14.0. The summed E-state index contributed by atoms with van der Waals surface area (Å²) in [6.45, 7) is 14.2. The van der Waals surface area contributed by atoms with E-state index in [1.54, 1.807) is 7.11 Å². The molecule has 0 unspecified atom stereocenters. The molecule has 0 bridgehead atoms. The van der Waals surface area contributed by atoms with Crippen LogP contribution < -0.4 is 9.92 Å². The molecule has 0 spiro atoms. The Labute approximate surface area is 114 Å². The van der Waals surface area contributed by atoms with Gasteiger partial charge in [0, 0.05) is 0 Å². The molecule has 0 radical (unpaired) electrons. The van der Waals surface area contributed by atoms with Crippen molar-refractivity contribution in [2.24, 2.45) is 0 Å². The highest BCUT2D eigenvalue weighted by Gasteiger charge is 2.20. The van der Waals surface area contributed by atoms with E-state index < -0.39 is 16.1 Å². The van der Waals surface area contributed by atoms with Crippen molar-refractivity contribution in [3.8, 4) is 5.75 Å². The molecule has 18 heavy (non-hydrogen) atoms. The highest BCUT2D eigenvalue weighted by atomic mass is 28.3. The molecule has 0 N–H and O–H groups in total. The summed E-state index contributed by atoms with van der Waals surface area (Å²) in [4.78, 5) is 0. The first-order valence-electron chi connectivity index (χ1n) is 6.51. The van der Waals surface area contributed by atoms with Gasteiger partial charge in [0.25, 0.3) is 0 Å². The van der Waals surface area contributed by atoms with Crippen LogP contribution in [-0.4, -0.2) is 23.3 Å². The van der Waals surface area contributed by atoms with Gasteiger partial charge >= 0.3 is 0 Å². The zero-order valence-corrected chi connectivity index (χ0v) is 14.8. The fourth-order valence-corrected chi connectivity index (χ4v) is 4.11. The predicted molar refractivity (Wildman–Crippen MR) is 88.4 cm³/mol. The standard InChI is InChI=1S/C15H26OSi2/c1-16-14-8-9-15(18(5,6)7)13(12-14)10-11-17(2,3)4/h8-12H,1-7H3/b11-10-. The molecule has 1 aromatic rings. The smallest absolute Gasteiger partial charge is 0.119 e. The van der Waals surface area contributed by atoms with E-state index in [0.29, 0.717) is 0 Å². The van der Waals surface area contributed by atoms with Gasteiger partial charge in [-0.3, -0.25) is 0 Å². The van der Waals surface area contributed by atoms with Gasteiger partial charge in [0.2, 0.25) is 0 Å². The van der Waals surface area contributed by atoms with Crippen molar-refractivity contribution in [3.05, 3.63) is 29.5 Å². The molecule has 0 aromatic heterocycles. The Balaban J connectivity index is 3.25. The van der Waals surface area contributed by atoms with Crippen molar-refractivity contribution in [1.29, 1.82) is 0 Å².